The average molecular weight is 373 g/mol. The second-order valence-corrected chi connectivity index (χ2v) is 5.96. The van der Waals surface area contributed by atoms with E-state index in [4.69, 9.17) is 11.5 Å². The molecular formula is C17H19F4N3O2. The quantitative estimate of drug-likeness (QED) is 0.691. The zero-order valence-electron chi connectivity index (χ0n) is 13.9. The average Bonchev–Trinajstić information content (AvgIpc) is 2.52. The SMILES string of the molecule is CC(N)C1C(CNC(=O)c2ccc(OC(F)(F)F)c(F)c2)=CC=CC1N. The number of nitrogens with one attached hydrogen (secondary N) is 1. The van der Waals surface area contributed by atoms with Crippen LogP contribution in [0.4, 0.5) is 17.6 Å². The fraction of sp³-hybridized carbons (Fsp3) is 0.353. The first kappa shape index (κ1) is 19.9. The lowest BCUT2D eigenvalue weighted by Gasteiger charge is -2.30. The van der Waals surface area contributed by atoms with E-state index in [9.17, 15) is 22.4 Å². The van der Waals surface area contributed by atoms with E-state index in [1.165, 1.54) is 0 Å². The number of nitrogens with two attached hydrogens (primary N) is 2. The van der Waals surface area contributed by atoms with E-state index in [0.29, 0.717) is 6.07 Å². The molecule has 0 radical (unpaired) electrons. The van der Waals surface area contributed by atoms with Crippen LogP contribution in [0.15, 0.2) is 42.0 Å². The van der Waals surface area contributed by atoms with Crippen LogP contribution in [0.25, 0.3) is 0 Å². The molecule has 26 heavy (non-hydrogen) atoms. The molecule has 0 heterocycles. The van der Waals surface area contributed by atoms with Crippen LogP contribution < -0.4 is 21.5 Å². The minimum Gasteiger partial charge on any atom is -0.403 e. The molecule has 142 valence electrons. The van der Waals surface area contributed by atoms with Crippen molar-refractivity contribution in [3.05, 3.63) is 53.4 Å². The summed E-state index contributed by atoms with van der Waals surface area (Å²) >= 11 is 0. The third-order valence-corrected chi connectivity index (χ3v) is 3.93. The maximum absolute atomic E-state index is 13.7. The zero-order chi connectivity index (χ0) is 19.5. The molecule has 0 saturated heterocycles. The molecule has 5 N–H and O–H groups in total. The van der Waals surface area contributed by atoms with Gasteiger partial charge in [0.05, 0.1) is 0 Å². The number of alkyl halides is 3. The minimum atomic E-state index is -5.02. The summed E-state index contributed by atoms with van der Waals surface area (Å²) < 4.78 is 53.6. The smallest absolute Gasteiger partial charge is 0.403 e. The number of carbonyl (C=O) groups excluding carboxylic acids is 1. The van der Waals surface area contributed by atoms with E-state index in [2.05, 4.69) is 10.1 Å². The molecule has 0 aliphatic heterocycles. The maximum atomic E-state index is 13.7. The van der Waals surface area contributed by atoms with Crippen molar-refractivity contribution in [2.24, 2.45) is 17.4 Å². The van der Waals surface area contributed by atoms with Gasteiger partial charge in [-0.3, -0.25) is 4.79 Å². The molecule has 3 unspecified atom stereocenters. The maximum Gasteiger partial charge on any atom is 0.573 e. The van der Waals surface area contributed by atoms with Gasteiger partial charge in [-0.1, -0.05) is 18.2 Å². The van der Waals surface area contributed by atoms with Crippen molar-refractivity contribution < 1.29 is 27.1 Å². The highest BCUT2D eigenvalue weighted by Gasteiger charge is 2.32. The summed E-state index contributed by atoms with van der Waals surface area (Å²) in [6, 6.07) is 1.95. The van der Waals surface area contributed by atoms with Crippen LogP contribution in [0.5, 0.6) is 5.75 Å². The first-order chi connectivity index (χ1) is 12.1. The summed E-state index contributed by atoms with van der Waals surface area (Å²) in [6.07, 6.45) is 0.332. The zero-order valence-corrected chi connectivity index (χ0v) is 13.9. The predicted molar refractivity (Wildman–Crippen MR) is 87.8 cm³/mol. The second-order valence-electron chi connectivity index (χ2n) is 5.96. The van der Waals surface area contributed by atoms with Gasteiger partial charge in [0.1, 0.15) is 0 Å². The summed E-state index contributed by atoms with van der Waals surface area (Å²) in [7, 11) is 0. The third-order valence-electron chi connectivity index (χ3n) is 3.93. The van der Waals surface area contributed by atoms with Crippen LogP contribution >= 0.6 is 0 Å². The fourth-order valence-corrected chi connectivity index (χ4v) is 2.78. The Morgan fingerprint density at radius 2 is 2.08 bits per heavy atom. The lowest BCUT2D eigenvalue weighted by atomic mass is 9.83. The van der Waals surface area contributed by atoms with Gasteiger partial charge in [0, 0.05) is 30.1 Å². The van der Waals surface area contributed by atoms with Crippen molar-refractivity contribution in [1.82, 2.24) is 5.32 Å². The van der Waals surface area contributed by atoms with Crippen LogP contribution in [0, 0.1) is 11.7 Å². The molecule has 0 saturated carbocycles. The van der Waals surface area contributed by atoms with Gasteiger partial charge >= 0.3 is 6.36 Å². The molecule has 0 fully saturated rings. The van der Waals surface area contributed by atoms with Crippen molar-refractivity contribution in [3.63, 3.8) is 0 Å². The normalized spacial score (nSPS) is 21.1. The van der Waals surface area contributed by atoms with Crippen LogP contribution in [-0.4, -0.2) is 30.9 Å². The van der Waals surface area contributed by atoms with Gasteiger partial charge in [-0.15, -0.1) is 13.2 Å². The van der Waals surface area contributed by atoms with E-state index in [1.54, 1.807) is 25.2 Å². The van der Waals surface area contributed by atoms with Gasteiger partial charge in [0.2, 0.25) is 0 Å². The van der Waals surface area contributed by atoms with Gasteiger partial charge in [0.25, 0.3) is 5.91 Å². The Morgan fingerprint density at radius 1 is 1.38 bits per heavy atom. The summed E-state index contributed by atoms with van der Waals surface area (Å²) in [5.74, 6) is -3.10. The number of hydrogen-bond acceptors (Lipinski definition) is 4. The molecule has 1 amide bonds. The lowest BCUT2D eigenvalue weighted by molar-refractivity contribution is -0.275. The van der Waals surface area contributed by atoms with Crippen LogP contribution in [0.1, 0.15) is 17.3 Å². The van der Waals surface area contributed by atoms with Crippen molar-refractivity contribution in [3.8, 4) is 5.75 Å². The molecular weight excluding hydrogens is 354 g/mol. The monoisotopic (exact) mass is 373 g/mol. The Hall–Kier alpha value is -2.39. The van der Waals surface area contributed by atoms with Crippen LogP contribution in [0.3, 0.4) is 0 Å². The van der Waals surface area contributed by atoms with E-state index in [-0.39, 0.29) is 30.1 Å². The van der Waals surface area contributed by atoms with Crippen molar-refractivity contribution in [2.75, 3.05) is 6.54 Å². The molecule has 9 heteroatoms. The molecule has 0 spiro atoms. The highest BCUT2D eigenvalue weighted by Crippen LogP contribution is 2.26. The van der Waals surface area contributed by atoms with E-state index >= 15 is 0 Å². The standard InChI is InChI=1S/C17H19F4N3O2/c1-9(22)15-11(3-2-4-13(15)23)8-24-16(25)10-5-6-14(12(18)7-10)26-17(19,20)21/h2-7,9,13,15H,8,22-23H2,1H3,(H,24,25). The van der Waals surface area contributed by atoms with Gasteiger partial charge in [-0.2, -0.15) is 0 Å². The predicted octanol–water partition coefficient (Wildman–Crippen LogP) is 2.24. The largest absolute Gasteiger partial charge is 0.573 e. The van der Waals surface area contributed by atoms with Crippen LogP contribution in [0.2, 0.25) is 0 Å². The molecule has 2 rings (SSSR count). The number of amides is 1. The minimum absolute atomic E-state index is 0.130. The second kappa shape index (κ2) is 7.88. The Kier molecular flexibility index (Phi) is 6.04. The van der Waals surface area contributed by atoms with Gasteiger partial charge in [-0.25, -0.2) is 4.39 Å². The Morgan fingerprint density at radius 3 is 2.65 bits per heavy atom. The number of rotatable bonds is 5. The molecule has 1 aromatic carbocycles. The molecule has 1 aliphatic carbocycles. The third kappa shape index (κ3) is 5.06. The number of halogens is 4. The summed E-state index contributed by atoms with van der Waals surface area (Å²) in [5.41, 5.74) is 12.6. The highest BCUT2D eigenvalue weighted by molar-refractivity contribution is 5.94. The first-order valence-corrected chi connectivity index (χ1v) is 7.80. The van der Waals surface area contributed by atoms with Gasteiger partial charge < -0.3 is 21.5 Å². The topological polar surface area (TPSA) is 90.4 Å². The molecule has 3 atom stereocenters. The van der Waals surface area contributed by atoms with Crippen LogP contribution in [-0.2, 0) is 0 Å². The number of benzene rings is 1. The van der Waals surface area contributed by atoms with E-state index in [1.807, 2.05) is 0 Å². The van der Waals surface area contributed by atoms with Crippen molar-refractivity contribution >= 4 is 5.91 Å². The molecule has 5 nitrogen and oxygen atoms in total. The van der Waals surface area contributed by atoms with E-state index < -0.39 is 23.8 Å². The van der Waals surface area contributed by atoms with Gasteiger partial charge in [-0.05, 0) is 30.7 Å². The molecule has 1 aromatic rings. The van der Waals surface area contributed by atoms with Crippen molar-refractivity contribution in [1.29, 1.82) is 0 Å². The number of ether oxygens (including phenoxy) is 1. The molecule has 0 bridgehead atoms. The summed E-state index contributed by atoms with van der Waals surface area (Å²) in [5, 5.41) is 2.59. The highest BCUT2D eigenvalue weighted by atomic mass is 19.4. The number of hydrogen-bond donors (Lipinski definition) is 3. The summed E-state index contributed by atoms with van der Waals surface area (Å²) in [4.78, 5) is 12.1. The fourth-order valence-electron chi connectivity index (χ4n) is 2.78. The lowest BCUT2D eigenvalue weighted by Crippen LogP contribution is -2.44. The Labute approximate surface area is 147 Å². The first-order valence-electron chi connectivity index (χ1n) is 7.80. The Balaban J connectivity index is 2.05. The molecule has 1 aliphatic rings. The molecule has 0 aromatic heterocycles. The number of carbonyl (C=O) groups is 1. The number of allylic oxidation sites excluding steroid dienone is 2. The van der Waals surface area contributed by atoms with E-state index in [0.717, 1.165) is 17.7 Å². The van der Waals surface area contributed by atoms with Gasteiger partial charge in [0.15, 0.2) is 11.6 Å². The van der Waals surface area contributed by atoms with Crippen molar-refractivity contribution in [2.45, 2.75) is 25.4 Å². The summed E-state index contributed by atoms with van der Waals surface area (Å²) in [6.45, 7) is 1.93. The Bertz CT molecular complexity index is 729.